The van der Waals surface area contributed by atoms with Gasteiger partial charge in [0.2, 0.25) is 5.91 Å². The van der Waals surface area contributed by atoms with Crippen LogP contribution in [0.5, 0.6) is 0 Å². The van der Waals surface area contributed by atoms with Gasteiger partial charge >= 0.3 is 0 Å². The number of furan rings is 1. The molecule has 0 spiro atoms. The summed E-state index contributed by atoms with van der Waals surface area (Å²) in [6.45, 7) is 0. The van der Waals surface area contributed by atoms with Crippen LogP contribution >= 0.6 is 0 Å². The third-order valence-electron chi connectivity index (χ3n) is 5.45. The fourth-order valence-electron chi connectivity index (χ4n) is 3.97. The maximum absolute atomic E-state index is 14.9. The average molecular weight is 424 g/mol. The molecule has 5 nitrogen and oxygen atoms in total. The molecule has 1 heterocycles. The highest BCUT2D eigenvalue weighted by molar-refractivity contribution is 6.08. The highest BCUT2D eigenvalue weighted by atomic mass is 19.1. The molecule has 3 aromatic rings. The van der Waals surface area contributed by atoms with Crippen molar-refractivity contribution in [2.24, 2.45) is 0 Å². The number of benzene rings is 2. The van der Waals surface area contributed by atoms with Gasteiger partial charge in [-0.2, -0.15) is 0 Å². The van der Waals surface area contributed by atoms with Crippen molar-refractivity contribution in [2.75, 3.05) is 4.90 Å². The first-order valence-electron chi connectivity index (χ1n) is 10.2. The molecular weight excluding hydrogens is 402 g/mol. The predicted molar refractivity (Wildman–Crippen MR) is 111 cm³/mol. The zero-order chi connectivity index (χ0) is 21.8. The van der Waals surface area contributed by atoms with Crippen molar-refractivity contribution >= 4 is 17.5 Å². The number of carbonyl (C=O) groups is 2. The number of hydrogen-bond acceptors (Lipinski definition) is 3. The van der Waals surface area contributed by atoms with Crippen molar-refractivity contribution in [3.8, 4) is 0 Å². The molecule has 160 valence electrons. The van der Waals surface area contributed by atoms with Crippen molar-refractivity contribution in [1.82, 2.24) is 5.32 Å². The summed E-state index contributed by atoms with van der Waals surface area (Å²) in [4.78, 5) is 27.9. The van der Waals surface area contributed by atoms with Crippen LogP contribution in [0.1, 0.15) is 47.8 Å². The van der Waals surface area contributed by atoms with E-state index in [-0.39, 0.29) is 23.1 Å². The second-order valence-electron chi connectivity index (χ2n) is 7.55. The number of carbonyl (C=O) groups excluding carboxylic acids is 2. The summed E-state index contributed by atoms with van der Waals surface area (Å²) in [5.41, 5.74) is 0.137. The van der Waals surface area contributed by atoms with Gasteiger partial charge in [0.05, 0.1) is 6.26 Å². The molecular formula is C24H22F2N2O3. The number of nitrogens with zero attached hydrogens (tertiary/aromatic N) is 1. The van der Waals surface area contributed by atoms with Crippen molar-refractivity contribution in [3.63, 3.8) is 0 Å². The van der Waals surface area contributed by atoms with Crippen LogP contribution in [-0.4, -0.2) is 17.9 Å². The Morgan fingerprint density at radius 3 is 2.45 bits per heavy atom. The quantitative estimate of drug-likeness (QED) is 0.605. The first kappa shape index (κ1) is 20.8. The van der Waals surface area contributed by atoms with Crippen molar-refractivity contribution in [1.29, 1.82) is 0 Å². The summed E-state index contributed by atoms with van der Waals surface area (Å²) in [6, 6.07) is 12.7. The van der Waals surface area contributed by atoms with Crippen LogP contribution in [0.3, 0.4) is 0 Å². The van der Waals surface area contributed by atoms with Crippen LogP contribution < -0.4 is 10.2 Å². The molecule has 1 aliphatic carbocycles. The zero-order valence-corrected chi connectivity index (χ0v) is 16.8. The van der Waals surface area contributed by atoms with E-state index in [1.54, 1.807) is 6.07 Å². The third kappa shape index (κ3) is 4.50. The maximum atomic E-state index is 14.9. The molecule has 1 saturated carbocycles. The van der Waals surface area contributed by atoms with E-state index in [0.29, 0.717) is 0 Å². The number of halogens is 2. The van der Waals surface area contributed by atoms with E-state index in [1.165, 1.54) is 54.8 Å². The molecule has 0 unspecified atom stereocenters. The van der Waals surface area contributed by atoms with Gasteiger partial charge in [-0.05, 0) is 49.2 Å². The van der Waals surface area contributed by atoms with Gasteiger partial charge < -0.3 is 9.73 Å². The molecule has 1 fully saturated rings. The smallest absolute Gasteiger partial charge is 0.294 e. The van der Waals surface area contributed by atoms with Gasteiger partial charge in [-0.15, -0.1) is 0 Å². The monoisotopic (exact) mass is 424 g/mol. The van der Waals surface area contributed by atoms with E-state index in [9.17, 15) is 18.4 Å². The zero-order valence-electron chi connectivity index (χ0n) is 16.8. The lowest BCUT2D eigenvalue weighted by Gasteiger charge is -2.32. The lowest BCUT2D eigenvalue weighted by Crippen LogP contribution is -2.46. The van der Waals surface area contributed by atoms with Crippen LogP contribution in [0.2, 0.25) is 0 Å². The Kier molecular flexibility index (Phi) is 6.11. The van der Waals surface area contributed by atoms with Crippen molar-refractivity contribution < 1.29 is 22.8 Å². The minimum atomic E-state index is -1.35. The minimum absolute atomic E-state index is 0.0159. The molecule has 0 aliphatic heterocycles. The first-order valence-corrected chi connectivity index (χ1v) is 10.2. The second kappa shape index (κ2) is 9.12. The Labute approximate surface area is 178 Å². The Hall–Kier alpha value is -3.48. The van der Waals surface area contributed by atoms with Crippen LogP contribution in [0.15, 0.2) is 71.3 Å². The Morgan fingerprint density at radius 2 is 1.77 bits per heavy atom. The van der Waals surface area contributed by atoms with E-state index in [1.807, 2.05) is 0 Å². The minimum Gasteiger partial charge on any atom is -0.459 e. The van der Waals surface area contributed by atoms with Gasteiger partial charge in [-0.1, -0.05) is 37.1 Å². The van der Waals surface area contributed by atoms with Crippen LogP contribution in [0.25, 0.3) is 0 Å². The summed E-state index contributed by atoms with van der Waals surface area (Å²) in [5.74, 6) is -2.47. The fourth-order valence-corrected chi connectivity index (χ4v) is 3.97. The molecule has 1 aromatic heterocycles. The number of rotatable bonds is 6. The lowest BCUT2D eigenvalue weighted by atomic mass is 10.0. The second-order valence-corrected chi connectivity index (χ2v) is 7.55. The van der Waals surface area contributed by atoms with Crippen molar-refractivity contribution in [2.45, 2.75) is 37.8 Å². The fraction of sp³-hybridized carbons (Fsp3) is 0.250. The van der Waals surface area contributed by atoms with E-state index < -0.39 is 29.5 Å². The molecule has 2 amide bonds. The van der Waals surface area contributed by atoms with E-state index in [2.05, 4.69) is 5.32 Å². The summed E-state index contributed by atoms with van der Waals surface area (Å²) < 4.78 is 34.2. The molecule has 1 atom stereocenters. The molecule has 4 rings (SSSR count). The van der Waals surface area contributed by atoms with Gasteiger partial charge in [0.15, 0.2) is 5.76 Å². The van der Waals surface area contributed by atoms with Crippen molar-refractivity contribution in [3.05, 3.63) is 89.9 Å². The number of nitrogens with one attached hydrogen (secondary N) is 1. The van der Waals surface area contributed by atoms with Gasteiger partial charge in [0.25, 0.3) is 5.91 Å². The number of anilines is 1. The summed E-state index contributed by atoms with van der Waals surface area (Å²) in [6.07, 6.45) is 4.96. The average Bonchev–Trinajstić information content (AvgIpc) is 3.46. The highest BCUT2D eigenvalue weighted by Gasteiger charge is 2.37. The predicted octanol–water partition coefficient (Wildman–Crippen LogP) is 5.00. The van der Waals surface area contributed by atoms with Crippen LogP contribution in [0, 0.1) is 11.6 Å². The number of amides is 2. The Morgan fingerprint density at radius 1 is 1.00 bits per heavy atom. The van der Waals surface area contributed by atoms with Gasteiger partial charge in [0, 0.05) is 17.3 Å². The molecule has 1 aliphatic rings. The molecule has 31 heavy (non-hydrogen) atoms. The molecule has 2 aromatic carbocycles. The van der Waals surface area contributed by atoms with Gasteiger partial charge in [-0.3, -0.25) is 14.5 Å². The lowest BCUT2D eigenvalue weighted by molar-refractivity contribution is -0.123. The van der Waals surface area contributed by atoms with Crippen LogP contribution in [-0.2, 0) is 4.79 Å². The van der Waals surface area contributed by atoms with Crippen LogP contribution in [0.4, 0.5) is 14.5 Å². The summed E-state index contributed by atoms with van der Waals surface area (Å²) in [5, 5.41) is 2.95. The summed E-state index contributed by atoms with van der Waals surface area (Å²) >= 11 is 0. The SMILES string of the molecule is O=C(NC1CCCC1)[C@@H](c1ccccc1F)N(C(=O)c1ccco1)c1cccc(F)c1. The topological polar surface area (TPSA) is 62.6 Å². The molecule has 0 radical (unpaired) electrons. The van der Waals surface area contributed by atoms with E-state index in [4.69, 9.17) is 4.42 Å². The molecule has 0 bridgehead atoms. The third-order valence-corrected chi connectivity index (χ3v) is 5.45. The Bertz CT molecular complexity index is 1060. The van der Waals surface area contributed by atoms with E-state index >= 15 is 0 Å². The van der Waals surface area contributed by atoms with Gasteiger partial charge in [0.1, 0.15) is 17.7 Å². The van der Waals surface area contributed by atoms with Gasteiger partial charge in [-0.25, -0.2) is 8.78 Å². The normalized spacial score (nSPS) is 14.9. The molecule has 7 heteroatoms. The Balaban J connectivity index is 1.83. The first-order chi connectivity index (χ1) is 15.0. The standard InChI is InChI=1S/C24H22F2N2O3/c25-16-7-5-10-18(15-16)28(24(30)21-13-6-14-31-21)22(19-11-3-4-12-20(19)26)23(29)27-17-8-1-2-9-17/h3-7,10-15,17,22H,1-2,8-9H2,(H,27,29)/t22-/m1/s1. The summed E-state index contributed by atoms with van der Waals surface area (Å²) in [7, 11) is 0. The van der Waals surface area contributed by atoms with E-state index in [0.717, 1.165) is 36.6 Å². The highest BCUT2D eigenvalue weighted by Crippen LogP contribution is 2.32. The largest absolute Gasteiger partial charge is 0.459 e. The molecule has 0 saturated heterocycles. The number of hydrogen-bond donors (Lipinski definition) is 1. The maximum Gasteiger partial charge on any atom is 0.294 e. The molecule has 1 N–H and O–H groups in total.